The van der Waals surface area contributed by atoms with Crippen LogP contribution in [0.4, 0.5) is 10.5 Å². The minimum Gasteiger partial charge on any atom is -0.493 e. The van der Waals surface area contributed by atoms with Crippen LogP contribution in [0.2, 0.25) is 5.02 Å². The van der Waals surface area contributed by atoms with Crippen LogP contribution in [0.5, 0.6) is 11.5 Å². The molecule has 0 aliphatic rings. The molecule has 0 fully saturated rings. The summed E-state index contributed by atoms with van der Waals surface area (Å²) in [6, 6.07) is 12.2. The number of para-hydroxylation sites is 2. The third-order valence-electron chi connectivity index (χ3n) is 3.05. The molecule has 2 rings (SSSR count). The molecule has 0 aliphatic carbocycles. The highest BCUT2D eigenvalue weighted by atomic mass is 35.5. The van der Waals surface area contributed by atoms with Crippen molar-refractivity contribution in [3.63, 3.8) is 0 Å². The number of rotatable bonds is 5. The Hall–Kier alpha value is -2.40. The SMILES string of the molecule is COc1ccccc1OCNC(=O)Nc1cccc(Cl)c1C. The van der Waals surface area contributed by atoms with Gasteiger partial charge < -0.3 is 20.1 Å². The van der Waals surface area contributed by atoms with Crippen molar-refractivity contribution in [1.82, 2.24) is 5.32 Å². The van der Waals surface area contributed by atoms with Gasteiger partial charge in [-0.1, -0.05) is 29.8 Å². The monoisotopic (exact) mass is 320 g/mol. The molecule has 2 N–H and O–H groups in total. The van der Waals surface area contributed by atoms with Crippen LogP contribution in [-0.4, -0.2) is 19.9 Å². The van der Waals surface area contributed by atoms with Crippen LogP contribution >= 0.6 is 11.6 Å². The Morgan fingerprint density at radius 1 is 1.14 bits per heavy atom. The van der Waals surface area contributed by atoms with Crippen molar-refractivity contribution in [3.05, 3.63) is 53.1 Å². The zero-order chi connectivity index (χ0) is 15.9. The van der Waals surface area contributed by atoms with E-state index in [0.29, 0.717) is 22.2 Å². The highest BCUT2D eigenvalue weighted by Gasteiger charge is 2.07. The van der Waals surface area contributed by atoms with Crippen LogP contribution in [0.3, 0.4) is 0 Å². The number of amides is 2. The molecule has 0 radical (unpaired) electrons. The summed E-state index contributed by atoms with van der Waals surface area (Å²) < 4.78 is 10.6. The van der Waals surface area contributed by atoms with E-state index in [0.717, 1.165) is 5.56 Å². The summed E-state index contributed by atoms with van der Waals surface area (Å²) in [5.41, 5.74) is 1.47. The lowest BCUT2D eigenvalue weighted by Crippen LogP contribution is -2.32. The zero-order valence-corrected chi connectivity index (χ0v) is 13.1. The van der Waals surface area contributed by atoms with E-state index in [1.807, 2.05) is 19.1 Å². The van der Waals surface area contributed by atoms with E-state index >= 15 is 0 Å². The van der Waals surface area contributed by atoms with Gasteiger partial charge in [-0.3, -0.25) is 0 Å². The van der Waals surface area contributed by atoms with Gasteiger partial charge in [0.1, 0.15) is 0 Å². The van der Waals surface area contributed by atoms with Crippen LogP contribution in [0.25, 0.3) is 0 Å². The minimum atomic E-state index is -0.375. The van der Waals surface area contributed by atoms with E-state index in [9.17, 15) is 4.79 Å². The maximum atomic E-state index is 11.8. The smallest absolute Gasteiger partial charge is 0.321 e. The van der Waals surface area contributed by atoms with E-state index in [1.54, 1.807) is 37.4 Å². The van der Waals surface area contributed by atoms with Crippen LogP contribution in [-0.2, 0) is 0 Å². The number of halogens is 1. The van der Waals surface area contributed by atoms with E-state index in [2.05, 4.69) is 10.6 Å². The Bertz CT molecular complexity index is 662. The van der Waals surface area contributed by atoms with Gasteiger partial charge in [0.05, 0.1) is 7.11 Å². The first-order valence-corrected chi connectivity index (χ1v) is 7.05. The van der Waals surface area contributed by atoms with Crippen LogP contribution < -0.4 is 20.1 Å². The second-order valence-corrected chi connectivity index (χ2v) is 4.89. The topological polar surface area (TPSA) is 59.6 Å². The lowest BCUT2D eigenvalue weighted by Gasteiger charge is -2.13. The van der Waals surface area contributed by atoms with Gasteiger partial charge in [0, 0.05) is 10.7 Å². The quantitative estimate of drug-likeness (QED) is 0.823. The molecule has 0 bridgehead atoms. The van der Waals surface area contributed by atoms with E-state index in [1.165, 1.54) is 0 Å². The van der Waals surface area contributed by atoms with Gasteiger partial charge in [-0.15, -0.1) is 0 Å². The second-order valence-electron chi connectivity index (χ2n) is 4.48. The zero-order valence-electron chi connectivity index (χ0n) is 12.4. The Morgan fingerprint density at radius 2 is 1.86 bits per heavy atom. The summed E-state index contributed by atoms with van der Waals surface area (Å²) in [6.45, 7) is 1.86. The number of anilines is 1. The third kappa shape index (κ3) is 4.05. The summed E-state index contributed by atoms with van der Waals surface area (Å²) in [5, 5.41) is 5.93. The van der Waals surface area contributed by atoms with Gasteiger partial charge in [-0.25, -0.2) is 4.79 Å². The molecule has 22 heavy (non-hydrogen) atoms. The minimum absolute atomic E-state index is 0.0197. The first kappa shape index (κ1) is 16.0. The number of carbonyl (C=O) groups is 1. The van der Waals surface area contributed by atoms with Gasteiger partial charge in [-0.2, -0.15) is 0 Å². The van der Waals surface area contributed by atoms with Gasteiger partial charge in [-0.05, 0) is 36.8 Å². The van der Waals surface area contributed by atoms with Crippen molar-refractivity contribution in [1.29, 1.82) is 0 Å². The molecule has 5 nitrogen and oxygen atoms in total. The Kier molecular flexibility index (Phi) is 5.49. The molecule has 0 aliphatic heterocycles. The van der Waals surface area contributed by atoms with Gasteiger partial charge in [0.2, 0.25) is 0 Å². The molecule has 0 spiro atoms. The molecule has 2 amide bonds. The van der Waals surface area contributed by atoms with Gasteiger partial charge >= 0.3 is 6.03 Å². The molecule has 2 aromatic carbocycles. The number of benzene rings is 2. The standard InChI is InChI=1S/C16H17ClN2O3/c1-11-12(17)6-5-7-13(11)19-16(20)18-10-22-15-9-4-3-8-14(15)21-2/h3-9H,10H2,1-2H3,(H2,18,19,20). The van der Waals surface area contributed by atoms with Crippen molar-refractivity contribution in [2.45, 2.75) is 6.92 Å². The number of hydrogen-bond acceptors (Lipinski definition) is 3. The maximum Gasteiger partial charge on any atom is 0.321 e. The van der Waals surface area contributed by atoms with Gasteiger partial charge in [0.15, 0.2) is 18.2 Å². The summed E-state index contributed by atoms with van der Waals surface area (Å²) in [4.78, 5) is 11.8. The van der Waals surface area contributed by atoms with Crippen molar-refractivity contribution in [2.24, 2.45) is 0 Å². The highest BCUT2D eigenvalue weighted by molar-refractivity contribution is 6.31. The number of nitrogens with one attached hydrogen (secondary N) is 2. The predicted octanol–water partition coefficient (Wildman–Crippen LogP) is 3.82. The van der Waals surface area contributed by atoms with Gasteiger partial charge in [0.25, 0.3) is 0 Å². The Morgan fingerprint density at radius 3 is 2.59 bits per heavy atom. The number of ether oxygens (including phenoxy) is 2. The molecular weight excluding hydrogens is 304 g/mol. The molecular formula is C16H17ClN2O3. The van der Waals surface area contributed by atoms with E-state index in [-0.39, 0.29) is 12.8 Å². The molecule has 116 valence electrons. The fourth-order valence-electron chi connectivity index (χ4n) is 1.83. The molecule has 6 heteroatoms. The molecule has 0 heterocycles. The second kappa shape index (κ2) is 7.56. The number of carbonyl (C=O) groups excluding carboxylic acids is 1. The number of urea groups is 1. The third-order valence-corrected chi connectivity index (χ3v) is 3.45. The molecule has 0 saturated carbocycles. The lowest BCUT2D eigenvalue weighted by molar-refractivity contribution is 0.231. The van der Waals surface area contributed by atoms with Crippen LogP contribution in [0.15, 0.2) is 42.5 Å². The summed E-state index contributed by atoms with van der Waals surface area (Å²) in [5.74, 6) is 1.17. The van der Waals surface area contributed by atoms with Crippen molar-refractivity contribution in [3.8, 4) is 11.5 Å². The van der Waals surface area contributed by atoms with E-state index in [4.69, 9.17) is 21.1 Å². The highest BCUT2D eigenvalue weighted by Crippen LogP contribution is 2.25. The number of methoxy groups -OCH3 is 1. The van der Waals surface area contributed by atoms with Crippen LogP contribution in [0.1, 0.15) is 5.56 Å². The number of hydrogen-bond donors (Lipinski definition) is 2. The molecule has 0 saturated heterocycles. The van der Waals surface area contributed by atoms with Crippen molar-refractivity contribution < 1.29 is 14.3 Å². The average Bonchev–Trinajstić information content (AvgIpc) is 2.52. The van der Waals surface area contributed by atoms with Crippen LogP contribution in [0, 0.1) is 6.92 Å². The average molecular weight is 321 g/mol. The first-order valence-electron chi connectivity index (χ1n) is 6.67. The largest absolute Gasteiger partial charge is 0.493 e. The summed E-state index contributed by atoms with van der Waals surface area (Å²) >= 11 is 6.00. The normalized spacial score (nSPS) is 9.95. The first-order chi connectivity index (χ1) is 10.6. The fraction of sp³-hybridized carbons (Fsp3) is 0.188. The lowest BCUT2D eigenvalue weighted by atomic mass is 10.2. The predicted molar refractivity (Wildman–Crippen MR) is 86.8 cm³/mol. The molecule has 0 aromatic heterocycles. The maximum absolute atomic E-state index is 11.8. The molecule has 0 atom stereocenters. The Labute approximate surface area is 134 Å². The molecule has 0 unspecified atom stereocenters. The molecule has 2 aromatic rings. The summed E-state index contributed by atoms with van der Waals surface area (Å²) in [7, 11) is 1.56. The summed E-state index contributed by atoms with van der Waals surface area (Å²) in [6.07, 6.45) is 0. The fourth-order valence-corrected chi connectivity index (χ4v) is 2.00. The van der Waals surface area contributed by atoms with Crippen molar-refractivity contribution in [2.75, 3.05) is 19.2 Å². The Balaban J connectivity index is 1.87. The van der Waals surface area contributed by atoms with Crippen molar-refractivity contribution >= 4 is 23.3 Å². The van der Waals surface area contributed by atoms with E-state index < -0.39 is 0 Å².